The van der Waals surface area contributed by atoms with E-state index in [0.717, 1.165) is 11.1 Å². The van der Waals surface area contributed by atoms with E-state index < -0.39 is 5.91 Å². The molecular formula is C19H19N3O2. The Labute approximate surface area is 139 Å². The summed E-state index contributed by atoms with van der Waals surface area (Å²) in [6.45, 7) is 2.37. The summed E-state index contributed by atoms with van der Waals surface area (Å²) in [4.78, 5) is 24.9. The number of nitrogens with zero attached hydrogens (tertiary/aromatic N) is 2. The molecule has 24 heavy (non-hydrogen) atoms. The van der Waals surface area contributed by atoms with Gasteiger partial charge in [0.2, 0.25) is 5.43 Å². The van der Waals surface area contributed by atoms with Gasteiger partial charge in [0.1, 0.15) is 0 Å². The lowest BCUT2D eigenvalue weighted by molar-refractivity contribution is 0.0946. The summed E-state index contributed by atoms with van der Waals surface area (Å²) in [5.74, 6) is -0.435. The van der Waals surface area contributed by atoms with Crippen LogP contribution in [0, 0.1) is 6.92 Å². The quantitative estimate of drug-likeness (QED) is 0.801. The molecule has 0 aliphatic carbocycles. The molecule has 122 valence electrons. The van der Waals surface area contributed by atoms with Crippen molar-refractivity contribution in [2.24, 2.45) is 7.05 Å². The van der Waals surface area contributed by atoms with Gasteiger partial charge in [-0.3, -0.25) is 14.3 Å². The predicted octanol–water partition coefficient (Wildman–Crippen LogP) is 2.21. The van der Waals surface area contributed by atoms with Crippen molar-refractivity contribution in [2.45, 2.75) is 13.3 Å². The molecule has 1 heterocycles. The first kappa shape index (κ1) is 15.9. The van der Waals surface area contributed by atoms with Crippen molar-refractivity contribution in [2.75, 3.05) is 6.54 Å². The van der Waals surface area contributed by atoms with Crippen LogP contribution in [0.3, 0.4) is 0 Å². The van der Waals surface area contributed by atoms with Crippen LogP contribution in [0.15, 0.2) is 53.3 Å². The molecule has 0 aliphatic heterocycles. The van der Waals surface area contributed by atoms with Gasteiger partial charge in [-0.15, -0.1) is 0 Å². The van der Waals surface area contributed by atoms with Crippen molar-refractivity contribution < 1.29 is 4.79 Å². The molecule has 5 nitrogen and oxygen atoms in total. The van der Waals surface area contributed by atoms with E-state index in [4.69, 9.17) is 0 Å². The smallest absolute Gasteiger partial charge is 0.275 e. The average molecular weight is 321 g/mol. The minimum Gasteiger partial charge on any atom is -0.350 e. The van der Waals surface area contributed by atoms with Gasteiger partial charge in [-0.25, -0.2) is 0 Å². The number of hydrogen-bond acceptors (Lipinski definition) is 3. The average Bonchev–Trinajstić information content (AvgIpc) is 2.58. The molecule has 0 bridgehead atoms. The van der Waals surface area contributed by atoms with Crippen molar-refractivity contribution in [1.82, 2.24) is 15.1 Å². The fraction of sp³-hybridized carbons (Fsp3) is 0.211. The van der Waals surface area contributed by atoms with Gasteiger partial charge < -0.3 is 5.32 Å². The van der Waals surface area contributed by atoms with Crippen molar-refractivity contribution >= 4 is 16.8 Å². The fourth-order valence-corrected chi connectivity index (χ4v) is 2.69. The predicted molar refractivity (Wildman–Crippen MR) is 94.2 cm³/mol. The highest BCUT2D eigenvalue weighted by Crippen LogP contribution is 2.11. The van der Waals surface area contributed by atoms with E-state index >= 15 is 0 Å². The number of fused-ring (bicyclic) bond motifs is 1. The van der Waals surface area contributed by atoms with Crippen LogP contribution in [0.4, 0.5) is 0 Å². The van der Waals surface area contributed by atoms with Gasteiger partial charge in [0, 0.05) is 13.6 Å². The topological polar surface area (TPSA) is 64.0 Å². The zero-order valence-electron chi connectivity index (χ0n) is 13.7. The van der Waals surface area contributed by atoms with Crippen molar-refractivity contribution in [3.8, 4) is 0 Å². The minimum absolute atomic E-state index is 0.0661. The Morgan fingerprint density at radius 1 is 1.17 bits per heavy atom. The summed E-state index contributed by atoms with van der Waals surface area (Å²) >= 11 is 0. The normalized spacial score (nSPS) is 10.8. The lowest BCUT2D eigenvalue weighted by Gasteiger charge is -2.09. The van der Waals surface area contributed by atoms with Gasteiger partial charge in [-0.05, 0) is 31.0 Å². The Morgan fingerprint density at radius 2 is 1.92 bits per heavy atom. The molecule has 2 aromatic carbocycles. The van der Waals surface area contributed by atoms with E-state index in [-0.39, 0.29) is 11.1 Å². The maximum atomic E-state index is 12.6. The number of hydrogen-bond donors (Lipinski definition) is 1. The van der Waals surface area contributed by atoms with Crippen LogP contribution in [0.1, 0.15) is 21.6 Å². The van der Waals surface area contributed by atoms with Gasteiger partial charge in [0.05, 0.1) is 10.9 Å². The molecule has 0 atom stereocenters. The van der Waals surface area contributed by atoms with Gasteiger partial charge in [-0.2, -0.15) is 5.10 Å². The molecule has 0 saturated carbocycles. The van der Waals surface area contributed by atoms with Crippen LogP contribution < -0.4 is 10.7 Å². The Bertz CT molecular complexity index is 946. The Kier molecular flexibility index (Phi) is 4.42. The zero-order valence-corrected chi connectivity index (χ0v) is 13.7. The number of benzene rings is 2. The van der Waals surface area contributed by atoms with Gasteiger partial charge >= 0.3 is 0 Å². The Morgan fingerprint density at radius 3 is 2.67 bits per heavy atom. The van der Waals surface area contributed by atoms with Crippen LogP contribution in [0.5, 0.6) is 0 Å². The number of carbonyl (C=O) groups excluding carboxylic acids is 1. The van der Waals surface area contributed by atoms with Crippen LogP contribution in [-0.4, -0.2) is 22.2 Å². The molecular weight excluding hydrogens is 302 g/mol. The first-order valence-corrected chi connectivity index (χ1v) is 7.86. The maximum Gasteiger partial charge on any atom is 0.275 e. The number of aryl methyl sites for hydroxylation is 2. The molecule has 0 radical (unpaired) electrons. The molecule has 0 saturated heterocycles. The molecule has 3 rings (SSSR count). The lowest BCUT2D eigenvalue weighted by atomic mass is 10.1. The molecule has 5 heteroatoms. The first-order chi connectivity index (χ1) is 11.6. The second-order valence-corrected chi connectivity index (χ2v) is 5.81. The van der Waals surface area contributed by atoms with Crippen LogP contribution >= 0.6 is 0 Å². The van der Waals surface area contributed by atoms with Crippen molar-refractivity contribution in [1.29, 1.82) is 0 Å². The van der Waals surface area contributed by atoms with Crippen LogP contribution in [0.2, 0.25) is 0 Å². The Balaban J connectivity index is 1.82. The molecule has 0 fully saturated rings. The van der Waals surface area contributed by atoms with Crippen molar-refractivity contribution in [3.63, 3.8) is 0 Å². The second-order valence-electron chi connectivity index (χ2n) is 5.81. The maximum absolute atomic E-state index is 12.6. The van der Waals surface area contributed by atoms with E-state index in [1.807, 2.05) is 49.4 Å². The van der Waals surface area contributed by atoms with Crippen LogP contribution in [-0.2, 0) is 13.5 Å². The minimum atomic E-state index is -0.435. The Hall–Kier alpha value is -2.95. The summed E-state index contributed by atoms with van der Waals surface area (Å²) in [7, 11) is 1.73. The number of carbonyl (C=O) groups is 1. The SMILES string of the molecule is Cc1ccc2c(c1)c(=O)c(C(=O)NCCc1ccccc1)nn2C. The molecule has 1 N–H and O–H groups in total. The zero-order chi connectivity index (χ0) is 17.1. The summed E-state index contributed by atoms with van der Waals surface area (Å²) in [6, 6.07) is 15.4. The summed E-state index contributed by atoms with van der Waals surface area (Å²) in [5, 5.41) is 7.44. The molecule has 0 unspecified atom stereocenters. The summed E-state index contributed by atoms with van der Waals surface area (Å²) < 4.78 is 1.57. The molecule has 0 aliphatic rings. The number of aromatic nitrogens is 2. The standard InChI is InChI=1S/C19H19N3O2/c1-13-8-9-16-15(12-13)18(23)17(21-22(16)2)19(24)20-11-10-14-6-4-3-5-7-14/h3-9,12H,10-11H2,1-2H3,(H,20,24). The highest BCUT2D eigenvalue weighted by atomic mass is 16.2. The molecule has 1 aromatic heterocycles. The van der Waals surface area contributed by atoms with E-state index in [1.54, 1.807) is 17.8 Å². The molecule has 0 spiro atoms. The van der Waals surface area contributed by atoms with Crippen molar-refractivity contribution in [3.05, 3.63) is 75.6 Å². The van der Waals surface area contributed by atoms with Gasteiger partial charge in [-0.1, -0.05) is 42.0 Å². The van der Waals surface area contributed by atoms with E-state index in [0.29, 0.717) is 23.9 Å². The number of rotatable bonds is 4. The molecule has 3 aromatic rings. The third-order valence-corrected chi connectivity index (χ3v) is 3.97. The first-order valence-electron chi connectivity index (χ1n) is 7.86. The highest BCUT2D eigenvalue weighted by molar-refractivity contribution is 5.95. The van der Waals surface area contributed by atoms with E-state index in [9.17, 15) is 9.59 Å². The third kappa shape index (κ3) is 3.20. The number of nitrogens with one attached hydrogen (secondary N) is 1. The summed E-state index contributed by atoms with van der Waals surface area (Å²) in [6.07, 6.45) is 0.708. The van der Waals surface area contributed by atoms with E-state index in [2.05, 4.69) is 10.4 Å². The largest absolute Gasteiger partial charge is 0.350 e. The second kappa shape index (κ2) is 6.66. The molecule has 1 amide bonds. The third-order valence-electron chi connectivity index (χ3n) is 3.97. The van der Waals surface area contributed by atoms with E-state index in [1.165, 1.54) is 0 Å². The fourth-order valence-electron chi connectivity index (χ4n) is 2.69. The lowest BCUT2D eigenvalue weighted by Crippen LogP contribution is -2.33. The van der Waals surface area contributed by atoms with Gasteiger partial charge in [0.15, 0.2) is 5.69 Å². The van der Waals surface area contributed by atoms with Crippen LogP contribution in [0.25, 0.3) is 10.9 Å². The van der Waals surface area contributed by atoms with Gasteiger partial charge in [0.25, 0.3) is 5.91 Å². The number of amides is 1. The highest BCUT2D eigenvalue weighted by Gasteiger charge is 2.16. The summed E-state index contributed by atoms with van der Waals surface area (Å²) in [5.41, 5.74) is 2.42. The monoisotopic (exact) mass is 321 g/mol.